The van der Waals surface area contributed by atoms with Gasteiger partial charge in [-0.2, -0.15) is 0 Å². The zero-order chi connectivity index (χ0) is 13.7. The lowest BCUT2D eigenvalue weighted by atomic mass is 10.2. The zero-order valence-electron chi connectivity index (χ0n) is 10.4. The third-order valence-corrected chi connectivity index (χ3v) is 2.57. The fourth-order valence-electron chi connectivity index (χ4n) is 1.56. The maximum absolute atomic E-state index is 10.8. The number of rotatable bonds is 4. The Morgan fingerprint density at radius 2 is 1.95 bits per heavy atom. The number of carboxylic acid groups (broad SMARTS) is 1. The van der Waals surface area contributed by atoms with E-state index >= 15 is 0 Å². The van der Waals surface area contributed by atoms with E-state index in [1.165, 1.54) is 12.1 Å². The first-order chi connectivity index (χ1) is 9.19. The van der Waals surface area contributed by atoms with Crippen LogP contribution in [0.25, 0.3) is 0 Å². The predicted octanol–water partition coefficient (Wildman–Crippen LogP) is 3.14. The van der Waals surface area contributed by atoms with Crippen LogP contribution < -0.4 is 4.74 Å². The molecule has 0 bridgehead atoms. The number of aromatic carboxylic acids is 1. The van der Waals surface area contributed by atoms with Gasteiger partial charge in [-0.1, -0.05) is 6.07 Å². The molecule has 0 spiro atoms. The number of aliphatic imine (C=N–C) groups is 1. The van der Waals surface area contributed by atoms with Gasteiger partial charge in [0.2, 0.25) is 0 Å². The summed E-state index contributed by atoms with van der Waals surface area (Å²) in [7, 11) is 1.61. The Labute approximate surface area is 111 Å². The highest BCUT2D eigenvalue weighted by molar-refractivity contribution is 5.89. The van der Waals surface area contributed by atoms with Crippen molar-refractivity contribution in [1.82, 2.24) is 0 Å². The Kier molecular flexibility index (Phi) is 3.93. The van der Waals surface area contributed by atoms with Crippen molar-refractivity contribution in [2.45, 2.75) is 0 Å². The largest absolute Gasteiger partial charge is 0.497 e. The monoisotopic (exact) mass is 255 g/mol. The van der Waals surface area contributed by atoms with Gasteiger partial charge in [0.15, 0.2) is 0 Å². The third kappa shape index (κ3) is 3.42. The topological polar surface area (TPSA) is 58.9 Å². The molecule has 2 rings (SSSR count). The van der Waals surface area contributed by atoms with Gasteiger partial charge in [-0.15, -0.1) is 0 Å². The number of hydrogen-bond donors (Lipinski definition) is 1. The summed E-state index contributed by atoms with van der Waals surface area (Å²) >= 11 is 0. The molecule has 4 nitrogen and oxygen atoms in total. The van der Waals surface area contributed by atoms with Crippen LogP contribution in [-0.2, 0) is 0 Å². The highest BCUT2D eigenvalue weighted by Gasteiger charge is 2.01. The smallest absolute Gasteiger partial charge is 0.335 e. The lowest BCUT2D eigenvalue weighted by Crippen LogP contribution is -1.94. The van der Waals surface area contributed by atoms with Crippen LogP contribution in [0.1, 0.15) is 15.9 Å². The number of ether oxygens (including phenoxy) is 1. The van der Waals surface area contributed by atoms with Crippen molar-refractivity contribution in [2.24, 2.45) is 4.99 Å². The van der Waals surface area contributed by atoms with Crippen LogP contribution in [0.3, 0.4) is 0 Å². The van der Waals surface area contributed by atoms with Crippen LogP contribution in [0.4, 0.5) is 5.69 Å². The molecule has 0 aromatic heterocycles. The Hall–Kier alpha value is -2.62. The quantitative estimate of drug-likeness (QED) is 0.854. The van der Waals surface area contributed by atoms with Crippen LogP contribution >= 0.6 is 0 Å². The molecule has 96 valence electrons. The molecule has 0 aliphatic carbocycles. The van der Waals surface area contributed by atoms with Crippen LogP contribution in [-0.4, -0.2) is 24.4 Å². The van der Waals surface area contributed by atoms with Gasteiger partial charge in [-0.25, -0.2) is 4.79 Å². The normalized spacial score (nSPS) is 10.6. The van der Waals surface area contributed by atoms with Gasteiger partial charge < -0.3 is 9.84 Å². The van der Waals surface area contributed by atoms with Crippen LogP contribution in [0, 0.1) is 0 Å². The summed E-state index contributed by atoms with van der Waals surface area (Å²) in [5, 5.41) is 8.89. The van der Waals surface area contributed by atoms with E-state index in [9.17, 15) is 4.79 Å². The highest BCUT2D eigenvalue weighted by atomic mass is 16.5. The second-order valence-corrected chi connectivity index (χ2v) is 3.89. The predicted molar refractivity (Wildman–Crippen MR) is 73.6 cm³/mol. The number of carbonyl (C=O) groups is 1. The van der Waals surface area contributed by atoms with E-state index in [4.69, 9.17) is 9.84 Å². The second kappa shape index (κ2) is 5.82. The van der Waals surface area contributed by atoms with Crippen LogP contribution in [0.5, 0.6) is 5.75 Å². The van der Waals surface area contributed by atoms with Gasteiger partial charge in [0.1, 0.15) is 5.75 Å². The summed E-state index contributed by atoms with van der Waals surface area (Å²) in [5.41, 5.74) is 1.75. The fraction of sp³-hybridized carbons (Fsp3) is 0.0667. The van der Waals surface area contributed by atoms with E-state index in [0.29, 0.717) is 5.69 Å². The van der Waals surface area contributed by atoms with Crippen molar-refractivity contribution in [3.05, 3.63) is 59.7 Å². The molecular weight excluding hydrogens is 242 g/mol. The molecule has 0 atom stereocenters. The molecule has 0 fully saturated rings. The van der Waals surface area contributed by atoms with E-state index < -0.39 is 5.97 Å². The molecule has 4 heteroatoms. The molecule has 0 aliphatic rings. The molecule has 0 heterocycles. The van der Waals surface area contributed by atoms with Gasteiger partial charge in [-0.05, 0) is 48.0 Å². The van der Waals surface area contributed by atoms with E-state index in [2.05, 4.69) is 4.99 Å². The number of methoxy groups -OCH3 is 1. The SMILES string of the molecule is COc1ccc(/C=N/c2cccc(C(=O)O)c2)cc1. The van der Waals surface area contributed by atoms with Gasteiger partial charge in [0.25, 0.3) is 0 Å². The molecule has 19 heavy (non-hydrogen) atoms. The van der Waals surface area contributed by atoms with Gasteiger partial charge >= 0.3 is 5.97 Å². The summed E-state index contributed by atoms with van der Waals surface area (Å²) in [6.07, 6.45) is 1.68. The third-order valence-electron chi connectivity index (χ3n) is 2.57. The number of benzene rings is 2. The molecule has 0 saturated carbocycles. The summed E-state index contributed by atoms with van der Waals surface area (Å²) < 4.78 is 5.06. The fourth-order valence-corrected chi connectivity index (χ4v) is 1.56. The average molecular weight is 255 g/mol. The van der Waals surface area contributed by atoms with Crippen molar-refractivity contribution in [3.8, 4) is 5.75 Å². The highest BCUT2D eigenvalue weighted by Crippen LogP contribution is 2.15. The Morgan fingerprint density at radius 3 is 2.58 bits per heavy atom. The van der Waals surface area contributed by atoms with Gasteiger partial charge in [0.05, 0.1) is 18.4 Å². The van der Waals surface area contributed by atoms with Crippen LogP contribution in [0.2, 0.25) is 0 Å². The molecule has 2 aromatic rings. The van der Waals surface area contributed by atoms with E-state index in [1.807, 2.05) is 24.3 Å². The van der Waals surface area contributed by atoms with Gasteiger partial charge in [0, 0.05) is 6.21 Å². The summed E-state index contributed by atoms with van der Waals surface area (Å²) in [4.78, 5) is 15.1. The van der Waals surface area contributed by atoms with Crippen molar-refractivity contribution < 1.29 is 14.6 Å². The van der Waals surface area contributed by atoms with E-state index in [1.54, 1.807) is 25.5 Å². The minimum Gasteiger partial charge on any atom is -0.497 e. The zero-order valence-corrected chi connectivity index (χ0v) is 10.4. The lowest BCUT2D eigenvalue weighted by Gasteiger charge is -1.99. The standard InChI is InChI=1S/C15H13NO3/c1-19-14-7-5-11(6-8-14)10-16-13-4-2-3-12(9-13)15(17)18/h2-10H,1H3,(H,17,18)/b16-10+. The molecule has 0 aliphatic heterocycles. The van der Waals surface area contributed by atoms with Gasteiger partial charge in [-0.3, -0.25) is 4.99 Å². The minimum absolute atomic E-state index is 0.226. The molecule has 1 N–H and O–H groups in total. The molecule has 2 aromatic carbocycles. The summed E-state index contributed by atoms with van der Waals surface area (Å²) in [6, 6.07) is 13.9. The number of nitrogens with zero attached hydrogens (tertiary/aromatic N) is 1. The molecule has 0 saturated heterocycles. The maximum Gasteiger partial charge on any atom is 0.335 e. The second-order valence-electron chi connectivity index (χ2n) is 3.89. The Balaban J connectivity index is 2.17. The van der Waals surface area contributed by atoms with E-state index in [0.717, 1.165) is 11.3 Å². The first kappa shape index (κ1) is 12.8. The van der Waals surface area contributed by atoms with Crippen molar-refractivity contribution >= 4 is 17.9 Å². The van der Waals surface area contributed by atoms with Crippen molar-refractivity contribution in [1.29, 1.82) is 0 Å². The Bertz CT molecular complexity index is 603. The molecule has 0 amide bonds. The first-order valence-electron chi connectivity index (χ1n) is 5.70. The van der Waals surface area contributed by atoms with Crippen molar-refractivity contribution in [2.75, 3.05) is 7.11 Å². The number of carboxylic acids is 1. The van der Waals surface area contributed by atoms with Crippen LogP contribution in [0.15, 0.2) is 53.5 Å². The minimum atomic E-state index is -0.957. The number of hydrogen-bond acceptors (Lipinski definition) is 3. The Morgan fingerprint density at radius 1 is 1.21 bits per heavy atom. The first-order valence-corrected chi connectivity index (χ1v) is 5.70. The molecule has 0 unspecified atom stereocenters. The molecule has 0 radical (unpaired) electrons. The van der Waals surface area contributed by atoms with Crippen molar-refractivity contribution in [3.63, 3.8) is 0 Å². The summed E-state index contributed by atoms with van der Waals surface area (Å²) in [6.45, 7) is 0. The lowest BCUT2D eigenvalue weighted by molar-refractivity contribution is 0.0697. The average Bonchev–Trinajstić information content (AvgIpc) is 2.46. The maximum atomic E-state index is 10.8. The van der Waals surface area contributed by atoms with E-state index in [-0.39, 0.29) is 5.56 Å². The molecular formula is C15H13NO3. The summed E-state index contributed by atoms with van der Waals surface area (Å²) in [5.74, 6) is -0.175.